The largest absolute Gasteiger partial charge is 0.343 e. The molecule has 2 rings (SSSR count). The van der Waals surface area contributed by atoms with Gasteiger partial charge in [-0.05, 0) is 0 Å². The van der Waals surface area contributed by atoms with E-state index in [0.29, 0.717) is 0 Å². The molecule has 0 unspecified atom stereocenters. The predicted octanol–water partition coefficient (Wildman–Crippen LogP) is 2.44. The summed E-state index contributed by atoms with van der Waals surface area (Å²) < 4.78 is -0.156. The van der Waals surface area contributed by atoms with Gasteiger partial charge in [0.15, 0.2) is 11.4 Å². The molecule has 4 N–H and O–H groups in total. The zero-order chi connectivity index (χ0) is 12.3. The lowest BCUT2D eigenvalue weighted by Crippen LogP contribution is -2.58. The van der Waals surface area contributed by atoms with Crippen LogP contribution in [-0.2, 0) is 0 Å². The van der Waals surface area contributed by atoms with Crippen LogP contribution in [0.15, 0.2) is 60.7 Å². The van der Waals surface area contributed by atoms with Gasteiger partial charge in [0.1, 0.15) is 0 Å². The van der Waals surface area contributed by atoms with Crippen LogP contribution in [0.3, 0.4) is 0 Å². The molecule has 4 heteroatoms. The van der Waals surface area contributed by atoms with Gasteiger partial charge in [0.05, 0.1) is 0 Å². The molecule has 0 heterocycles. The minimum Gasteiger partial charge on any atom is -0.343 e. The zero-order valence-electron chi connectivity index (χ0n) is 9.28. The second-order valence-corrected chi connectivity index (χ2v) is 4.15. The third-order valence-corrected chi connectivity index (χ3v) is 2.96. The molecule has 0 saturated carbocycles. The molecular formula is C13H14N3S+. The van der Waals surface area contributed by atoms with Crippen LogP contribution < -0.4 is 16.2 Å². The zero-order valence-corrected chi connectivity index (χ0v) is 10.1. The van der Waals surface area contributed by atoms with Gasteiger partial charge in [-0.15, -0.1) is 4.59 Å². The van der Waals surface area contributed by atoms with Gasteiger partial charge in [-0.2, -0.15) is 5.84 Å². The Kier molecular flexibility index (Phi) is 3.19. The van der Waals surface area contributed by atoms with E-state index in [-0.39, 0.29) is 9.70 Å². The molecule has 0 aliphatic heterocycles. The Bertz CT molecular complexity index is 471. The number of thiocarbonyl (C=S) groups is 1. The standard InChI is InChI=1S/C13H13N3S/c14-13(17)16(15,11-7-3-1-4-8-11)12-9-5-2-6-10-12/h1-10H,15H2,(H-,14,17)/p+1. The molecule has 0 amide bonds. The molecule has 2 aromatic carbocycles. The number of hydrogen-bond acceptors (Lipinski definition) is 2. The van der Waals surface area contributed by atoms with Gasteiger partial charge >= 0.3 is 0 Å². The SMILES string of the molecule is NC(=S)[N+](N)(c1ccccc1)c1ccccc1. The highest BCUT2D eigenvalue weighted by atomic mass is 32.1. The lowest BCUT2D eigenvalue weighted by molar-refractivity contribution is 0.590. The van der Waals surface area contributed by atoms with E-state index in [1.165, 1.54) is 0 Å². The fraction of sp³-hybridized carbons (Fsp3) is 0. The van der Waals surface area contributed by atoms with Crippen LogP contribution in [-0.4, -0.2) is 5.11 Å². The van der Waals surface area contributed by atoms with E-state index in [1.54, 1.807) is 0 Å². The van der Waals surface area contributed by atoms with Crippen LogP contribution in [0.1, 0.15) is 0 Å². The third kappa shape index (κ3) is 2.06. The summed E-state index contributed by atoms with van der Waals surface area (Å²) in [6.07, 6.45) is 0. The predicted molar refractivity (Wildman–Crippen MR) is 75.3 cm³/mol. The van der Waals surface area contributed by atoms with Crippen molar-refractivity contribution >= 4 is 28.7 Å². The monoisotopic (exact) mass is 244 g/mol. The van der Waals surface area contributed by atoms with Gasteiger partial charge in [0.25, 0.3) is 5.11 Å². The smallest absolute Gasteiger partial charge is 0.297 e. The molecule has 0 spiro atoms. The van der Waals surface area contributed by atoms with E-state index in [0.717, 1.165) is 11.4 Å². The fourth-order valence-corrected chi connectivity index (χ4v) is 1.94. The maximum Gasteiger partial charge on any atom is 0.297 e. The van der Waals surface area contributed by atoms with Gasteiger partial charge in [-0.3, -0.25) is 0 Å². The summed E-state index contributed by atoms with van der Waals surface area (Å²) in [5.41, 5.74) is 7.49. The molecule has 86 valence electrons. The van der Waals surface area contributed by atoms with Gasteiger partial charge in [0.2, 0.25) is 0 Å². The highest BCUT2D eigenvalue weighted by Gasteiger charge is 2.33. The first kappa shape index (κ1) is 11.7. The maximum atomic E-state index is 6.35. The van der Waals surface area contributed by atoms with E-state index in [2.05, 4.69) is 0 Å². The summed E-state index contributed by atoms with van der Waals surface area (Å²) in [5.74, 6) is 6.35. The van der Waals surface area contributed by atoms with E-state index in [4.69, 9.17) is 23.8 Å². The van der Waals surface area contributed by atoms with Crippen LogP contribution in [0.25, 0.3) is 0 Å². The Morgan fingerprint density at radius 1 is 0.824 bits per heavy atom. The normalized spacial score (nSPS) is 11.1. The molecule has 0 aromatic heterocycles. The van der Waals surface area contributed by atoms with Gasteiger partial charge in [-0.1, -0.05) is 36.4 Å². The topological polar surface area (TPSA) is 52.0 Å². The number of nitrogens with zero attached hydrogens (tertiary/aromatic N) is 1. The molecule has 0 fully saturated rings. The van der Waals surface area contributed by atoms with Gasteiger partial charge < -0.3 is 5.73 Å². The number of benzene rings is 2. The molecule has 17 heavy (non-hydrogen) atoms. The van der Waals surface area contributed by atoms with Crippen molar-refractivity contribution in [3.8, 4) is 0 Å². The highest BCUT2D eigenvalue weighted by molar-refractivity contribution is 7.80. The van der Waals surface area contributed by atoms with Crippen molar-refractivity contribution in [3.05, 3.63) is 60.7 Å². The fourth-order valence-electron chi connectivity index (χ4n) is 1.73. The summed E-state index contributed by atoms with van der Waals surface area (Å²) in [5, 5.41) is 0.211. The summed E-state index contributed by atoms with van der Waals surface area (Å²) >= 11 is 5.12. The second-order valence-electron chi connectivity index (χ2n) is 3.73. The lowest BCUT2D eigenvalue weighted by Gasteiger charge is -2.29. The summed E-state index contributed by atoms with van der Waals surface area (Å²) in [6.45, 7) is 0. The molecule has 3 nitrogen and oxygen atoms in total. The van der Waals surface area contributed by atoms with Crippen molar-refractivity contribution in [3.63, 3.8) is 0 Å². The van der Waals surface area contributed by atoms with E-state index >= 15 is 0 Å². The first-order chi connectivity index (χ1) is 8.15. The molecule has 2 aromatic rings. The van der Waals surface area contributed by atoms with Crippen LogP contribution in [0, 0.1) is 0 Å². The summed E-state index contributed by atoms with van der Waals surface area (Å²) in [4.78, 5) is 0. The Balaban J connectivity index is 2.59. The third-order valence-electron chi connectivity index (χ3n) is 2.67. The van der Waals surface area contributed by atoms with E-state index < -0.39 is 0 Å². The first-order valence-corrected chi connectivity index (χ1v) is 5.65. The number of quaternary nitrogens is 1. The number of hydrogen-bond donors (Lipinski definition) is 2. The second kappa shape index (κ2) is 4.63. The number of rotatable bonds is 2. The minimum absolute atomic E-state index is 0.156. The van der Waals surface area contributed by atoms with Crippen LogP contribution in [0.4, 0.5) is 11.4 Å². The number of para-hydroxylation sites is 2. The maximum absolute atomic E-state index is 6.35. The van der Waals surface area contributed by atoms with Gasteiger partial charge in [-0.25, -0.2) is 0 Å². The van der Waals surface area contributed by atoms with E-state index in [9.17, 15) is 0 Å². The first-order valence-electron chi connectivity index (χ1n) is 5.24. The average molecular weight is 244 g/mol. The van der Waals surface area contributed by atoms with Crippen molar-refractivity contribution in [1.29, 1.82) is 0 Å². The quantitative estimate of drug-likeness (QED) is 0.369. The van der Waals surface area contributed by atoms with Crippen molar-refractivity contribution in [2.45, 2.75) is 0 Å². The molecule has 0 radical (unpaired) electrons. The highest BCUT2D eigenvalue weighted by Crippen LogP contribution is 2.29. The summed E-state index contributed by atoms with van der Waals surface area (Å²) in [7, 11) is 0. The molecule has 0 bridgehead atoms. The Labute approximate surface area is 106 Å². The Morgan fingerprint density at radius 3 is 1.47 bits per heavy atom. The van der Waals surface area contributed by atoms with E-state index in [1.807, 2.05) is 60.7 Å². The molecule has 0 saturated heterocycles. The molecule has 0 atom stereocenters. The minimum atomic E-state index is -0.156. The molecular weight excluding hydrogens is 230 g/mol. The van der Waals surface area contributed by atoms with Crippen molar-refractivity contribution in [2.24, 2.45) is 11.6 Å². The van der Waals surface area contributed by atoms with Crippen LogP contribution in [0.5, 0.6) is 0 Å². The Morgan fingerprint density at radius 2 is 1.18 bits per heavy atom. The molecule has 0 aliphatic carbocycles. The van der Waals surface area contributed by atoms with Crippen molar-refractivity contribution < 1.29 is 0 Å². The summed E-state index contributed by atoms with van der Waals surface area (Å²) in [6, 6.07) is 19.1. The lowest BCUT2D eigenvalue weighted by atomic mass is 10.2. The van der Waals surface area contributed by atoms with Crippen molar-refractivity contribution in [2.75, 3.05) is 0 Å². The molecule has 0 aliphatic rings. The van der Waals surface area contributed by atoms with Crippen LogP contribution >= 0.6 is 12.2 Å². The van der Waals surface area contributed by atoms with Crippen LogP contribution in [0.2, 0.25) is 0 Å². The number of nitrogens with two attached hydrogens (primary N) is 2. The van der Waals surface area contributed by atoms with Crippen molar-refractivity contribution in [1.82, 2.24) is 4.59 Å². The average Bonchev–Trinajstić information content (AvgIpc) is 2.39. The Hall–Kier alpha value is -1.75. The van der Waals surface area contributed by atoms with Gasteiger partial charge in [0, 0.05) is 36.5 Å².